The molecule has 1 unspecified atom stereocenters. The van der Waals surface area contributed by atoms with Gasteiger partial charge in [0.05, 0.1) is 19.8 Å². The number of hydrogen-bond acceptors (Lipinski definition) is 3. The van der Waals surface area contributed by atoms with Crippen molar-refractivity contribution >= 4 is 5.91 Å². The summed E-state index contributed by atoms with van der Waals surface area (Å²) in [5, 5.41) is 3.02. The van der Waals surface area contributed by atoms with Crippen LogP contribution in [0.25, 0.3) is 0 Å². The van der Waals surface area contributed by atoms with Gasteiger partial charge < -0.3 is 14.8 Å². The van der Waals surface area contributed by atoms with Crippen LogP contribution in [0.15, 0.2) is 18.2 Å². The Morgan fingerprint density at radius 2 is 1.86 bits per heavy atom. The Morgan fingerprint density at radius 1 is 1.14 bits per heavy atom. The molecule has 21 heavy (non-hydrogen) atoms. The van der Waals surface area contributed by atoms with Crippen LogP contribution >= 0.6 is 0 Å². The molecule has 118 valence electrons. The van der Waals surface area contributed by atoms with E-state index >= 15 is 0 Å². The first-order chi connectivity index (χ1) is 9.97. The normalized spacial score (nSPS) is 12.1. The minimum Gasteiger partial charge on any atom is -0.497 e. The third-order valence-corrected chi connectivity index (χ3v) is 3.45. The Kier molecular flexibility index (Phi) is 7.06. The molecule has 0 saturated carbocycles. The largest absolute Gasteiger partial charge is 0.497 e. The SMILES string of the molecule is COc1ccc(OC)c(C(=O)NC(C)CCCC(C)C)c1. The van der Waals surface area contributed by atoms with Crippen molar-refractivity contribution in [3.63, 3.8) is 0 Å². The molecule has 1 amide bonds. The summed E-state index contributed by atoms with van der Waals surface area (Å²) in [7, 11) is 3.14. The fraction of sp³-hybridized carbons (Fsp3) is 0.588. The van der Waals surface area contributed by atoms with Gasteiger partial charge in [0.1, 0.15) is 11.5 Å². The average Bonchev–Trinajstić information content (AvgIpc) is 2.45. The van der Waals surface area contributed by atoms with Gasteiger partial charge >= 0.3 is 0 Å². The topological polar surface area (TPSA) is 47.6 Å². The van der Waals surface area contributed by atoms with Crippen molar-refractivity contribution in [3.05, 3.63) is 23.8 Å². The predicted molar refractivity (Wildman–Crippen MR) is 85.2 cm³/mol. The molecule has 1 rings (SSSR count). The summed E-state index contributed by atoms with van der Waals surface area (Å²) in [4.78, 5) is 12.4. The highest BCUT2D eigenvalue weighted by atomic mass is 16.5. The molecule has 1 atom stereocenters. The molecule has 0 radical (unpaired) electrons. The Bertz CT molecular complexity index is 457. The van der Waals surface area contributed by atoms with Crippen molar-refractivity contribution in [1.29, 1.82) is 0 Å². The van der Waals surface area contributed by atoms with E-state index in [1.165, 1.54) is 6.42 Å². The zero-order chi connectivity index (χ0) is 15.8. The van der Waals surface area contributed by atoms with Gasteiger partial charge in [0.2, 0.25) is 0 Å². The number of amides is 1. The summed E-state index contributed by atoms with van der Waals surface area (Å²) < 4.78 is 10.4. The molecule has 0 aliphatic carbocycles. The van der Waals surface area contributed by atoms with E-state index < -0.39 is 0 Å². The molecule has 0 bridgehead atoms. The van der Waals surface area contributed by atoms with Crippen LogP contribution in [0.1, 0.15) is 50.4 Å². The van der Waals surface area contributed by atoms with Crippen molar-refractivity contribution in [2.45, 2.75) is 46.1 Å². The van der Waals surface area contributed by atoms with Gasteiger partial charge in [0.15, 0.2) is 0 Å². The van der Waals surface area contributed by atoms with Crippen molar-refractivity contribution in [2.75, 3.05) is 14.2 Å². The average molecular weight is 293 g/mol. The van der Waals surface area contributed by atoms with Gasteiger partial charge in [-0.2, -0.15) is 0 Å². The van der Waals surface area contributed by atoms with Crippen LogP contribution in [-0.2, 0) is 0 Å². The van der Waals surface area contributed by atoms with Crippen molar-refractivity contribution < 1.29 is 14.3 Å². The third kappa shape index (κ3) is 5.66. The molecule has 0 spiro atoms. The number of carbonyl (C=O) groups excluding carboxylic acids is 1. The van der Waals surface area contributed by atoms with Gasteiger partial charge in [-0.15, -0.1) is 0 Å². The zero-order valence-electron chi connectivity index (χ0n) is 13.7. The van der Waals surface area contributed by atoms with Crippen LogP contribution in [0.2, 0.25) is 0 Å². The Labute approximate surface area is 127 Å². The minimum atomic E-state index is -0.122. The summed E-state index contributed by atoms with van der Waals surface area (Å²) in [6, 6.07) is 5.38. The molecule has 0 heterocycles. The molecule has 1 aromatic carbocycles. The highest BCUT2D eigenvalue weighted by molar-refractivity contribution is 5.97. The number of hydrogen-bond donors (Lipinski definition) is 1. The van der Waals surface area contributed by atoms with E-state index in [9.17, 15) is 4.79 Å². The van der Waals surface area contributed by atoms with Crippen LogP contribution in [0.5, 0.6) is 11.5 Å². The lowest BCUT2D eigenvalue weighted by atomic mass is 10.0. The molecule has 1 N–H and O–H groups in total. The number of benzene rings is 1. The van der Waals surface area contributed by atoms with Crippen LogP contribution in [-0.4, -0.2) is 26.2 Å². The van der Waals surface area contributed by atoms with E-state index in [-0.39, 0.29) is 11.9 Å². The summed E-state index contributed by atoms with van der Waals surface area (Å²) in [6.45, 7) is 6.46. The second kappa shape index (κ2) is 8.55. The molecule has 0 fully saturated rings. The van der Waals surface area contributed by atoms with Gasteiger partial charge in [-0.25, -0.2) is 0 Å². The summed E-state index contributed by atoms with van der Waals surface area (Å²) >= 11 is 0. The molecule has 0 aromatic heterocycles. The maximum atomic E-state index is 12.4. The van der Waals surface area contributed by atoms with Crippen LogP contribution < -0.4 is 14.8 Å². The van der Waals surface area contributed by atoms with Crippen LogP contribution in [0.3, 0.4) is 0 Å². The van der Waals surface area contributed by atoms with E-state index in [1.807, 2.05) is 6.92 Å². The highest BCUT2D eigenvalue weighted by Crippen LogP contribution is 2.24. The van der Waals surface area contributed by atoms with E-state index in [0.29, 0.717) is 23.0 Å². The molecular formula is C17H27NO3. The smallest absolute Gasteiger partial charge is 0.255 e. The van der Waals surface area contributed by atoms with E-state index in [1.54, 1.807) is 32.4 Å². The van der Waals surface area contributed by atoms with Crippen molar-refractivity contribution in [1.82, 2.24) is 5.32 Å². The third-order valence-electron chi connectivity index (χ3n) is 3.45. The quantitative estimate of drug-likeness (QED) is 0.796. The van der Waals surface area contributed by atoms with Gasteiger partial charge in [-0.1, -0.05) is 26.7 Å². The molecule has 4 heteroatoms. The van der Waals surface area contributed by atoms with Crippen LogP contribution in [0, 0.1) is 5.92 Å². The Morgan fingerprint density at radius 3 is 2.43 bits per heavy atom. The summed E-state index contributed by atoms with van der Waals surface area (Å²) in [5.74, 6) is 1.78. The number of methoxy groups -OCH3 is 2. The fourth-order valence-corrected chi connectivity index (χ4v) is 2.20. The predicted octanol–water partition coefficient (Wildman–Crippen LogP) is 3.65. The van der Waals surface area contributed by atoms with E-state index in [2.05, 4.69) is 19.2 Å². The van der Waals surface area contributed by atoms with Gasteiger partial charge in [-0.05, 0) is 37.5 Å². The van der Waals surface area contributed by atoms with E-state index in [0.717, 1.165) is 12.8 Å². The fourth-order valence-electron chi connectivity index (χ4n) is 2.20. The van der Waals surface area contributed by atoms with Crippen molar-refractivity contribution in [3.8, 4) is 11.5 Å². The van der Waals surface area contributed by atoms with Gasteiger partial charge in [-0.3, -0.25) is 4.79 Å². The number of nitrogens with one attached hydrogen (secondary N) is 1. The molecule has 0 saturated heterocycles. The Hall–Kier alpha value is -1.71. The molecule has 0 aliphatic heterocycles. The monoisotopic (exact) mass is 293 g/mol. The first-order valence-corrected chi connectivity index (χ1v) is 7.50. The van der Waals surface area contributed by atoms with Crippen LogP contribution in [0.4, 0.5) is 0 Å². The van der Waals surface area contributed by atoms with Crippen molar-refractivity contribution in [2.24, 2.45) is 5.92 Å². The summed E-state index contributed by atoms with van der Waals surface area (Å²) in [5.41, 5.74) is 0.507. The minimum absolute atomic E-state index is 0.122. The second-order valence-electron chi connectivity index (χ2n) is 5.77. The lowest BCUT2D eigenvalue weighted by Gasteiger charge is -2.16. The molecule has 1 aromatic rings. The first kappa shape index (κ1) is 17.3. The lowest BCUT2D eigenvalue weighted by molar-refractivity contribution is 0.0934. The maximum Gasteiger partial charge on any atom is 0.255 e. The molecular weight excluding hydrogens is 266 g/mol. The van der Waals surface area contributed by atoms with Gasteiger partial charge in [0, 0.05) is 6.04 Å². The number of carbonyl (C=O) groups is 1. The highest BCUT2D eigenvalue weighted by Gasteiger charge is 2.15. The maximum absolute atomic E-state index is 12.4. The van der Waals surface area contributed by atoms with E-state index in [4.69, 9.17) is 9.47 Å². The Balaban J connectivity index is 2.65. The first-order valence-electron chi connectivity index (χ1n) is 7.50. The number of ether oxygens (including phenoxy) is 2. The summed E-state index contributed by atoms with van der Waals surface area (Å²) in [6.07, 6.45) is 3.28. The second-order valence-corrected chi connectivity index (χ2v) is 5.77. The lowest BCUT2D eigenvalue weighted by Crippen LogP contribution is -2.32. The number of rotatable bonds is 8. The zero-order valence-corrected chi connectivity index (χ0v) is 13.7. The molecule has 0 aliphatic rings. The van der Waals surface area contributed by atoms with Gasteiger partial charge in [0.25, 0.3) is 5.91 Å². The standard InChI is InChI=1S/C17H27NO3/c1-12(2)7-6-8-13(3)18-17(19)15-11-14(20-4)9-10-16(15)21-5/h9-13H,6-8H2,1-5H3,(H,18,19). The molecule has 4 nitrogen and oxygen atoms in total.